The summed E-state index contributed by atoms with van der Waals surface area (Å²) < 4.78 is 14.2. The second-order valence-electron chi connectivity index (χ2n) is 4.41. The Bertz CT molecular complexity index is 372. The molecule has 1 aromatic carbocycles. The summed E-state index contributed by atoms with van der Waals surface area (Å²) in [6, 6.07) is 5.16. The number of halogens is 2. The molecule has 0 bridgehead atoms. The van der Waals surface area contributed by atoms with Gasteiger partial charge in [-0.25, -0.2) is 4.39 Å². The van der Waals surface area contributed by atoms with Crippen LogP contribution in [0.25, 0.3) is 0 Å². The molecule has 0 aliphatic rings. The van der Waals surface area contributed by atoms with Crippen LogP contribution in [0.3, 0.4) is 0 Å². The molecule has 0 amide bonds. The molecular formula is C14H21BrFNS. The molecule has 1 aromatic rings. The Morgan fingerprint density at radius 3 is 2.56 bits per heavy atom. The lowest BCUT2D eigenvalue weighted by atomic mass is 10.0. The fourth-order valence-electron chi connectivity index (χ4n) is 1.97. The van der Waals surface area contributed by atoms with E-state index in [1.165, 1.54) is 6.07 Å². The van der Waals surface area contributed by atoms with Gasteiger partial charge in [-0.3, -0.25) is 0 Å². The van der Waals surface area contributed by atoms with Gasteiger partial charge >= 0.3 is 0 Å². The second kappa shape index (κ2) is 7.51. The van der Waals surface area contributed by atoms with E-state index >= 15 is 0 Å². The summed E-state index contributed by atoms with van der Waals surface area (Å²) in [5.74, 6) is -0.198. The van der Waals surface area contributed by atoms with Crippen LogP contribution in [-0.2, 0) is 6.54 Å². The Morgan fingerprint density at radius 2 is 2.00 bits per heavy atom. The molecule has 1 nitrogen and oxygen atoms in total. The van der Waals surface area contributed by atoms with Crippen LogP contribution in [0.15, 0.2) is 22.7 Å². The summed E-state index contributed by atoms with van der Waals surface area (Å²) in [5, 5.41) is 3.45. The third kappa shape index (κ3) is 3.97. The van der Waals surface area contributed by atoms with Crippen molar-refractivity contribution < 1.29 is 4.39 Å². The van der Waals surface area contributed by atoms with E-state index in [4.69, 9.17) is 0 Å². The maximum Gasteiger partial charge on any atom is 0.137 e. The Kier molecular flexibility index (Phi) is 6.67. The molecule has 1 N–H and O–H groups in total. The molecule has 0 aliphatic carbocycles. The molecule has 0 unspecified atom stereocenters. The summed E-state index contributed by atoms with van der Waals surface area (Å²) in [6.07, 6.45) is 4.44. The largest absolute Gasteiger partial charge is 0.311 e. The van der Waals surface area contributed by atoms with Crippen LogP contribution in [0.4, 0.5) is 4.39 Å². The van der Waals surface area contributed by atoms with Crippen LogP contribution in [0.5, 0.6) is 0 Å². The van der Waals surface area contributed by atoms with Gasteiger partial charge in [-0.1, -0.05) is 26.0 Å². The highest BCUT2D eigenvalue weighted by molar-refractivity contribution is 9.10. The van der Waals surface area contributed by atoms with E-state index in [9.17, 15) is 4.39 Å². The van der Waals surface area contributed by atoms with Crippen LogP contribution in [0, 0.1) is 5.82 Å². The van der Waals surface area contributed by atoms with Crippen LogP contribution < -0.4 is 5.32 Å². The summed E-state index contributed by atoms with van der Waals surface area (Å²) in [5.41, 5.74) is 0.970. The SMILES string of the molecule is CCC(CC)(CNCc1cccc(F)c1Br)SC. The number of rotatable bonds is 7. The maximum absolute atomic E-state index is 13.4. The zero-order valence-electron chi connectivity index (χ0n) is 11.2. The first-order chi connectivity index (χ1) is 8.58. The highest BCUT2D eigenvalue weighted by atomic mass is 79.9. The standard InChI is InChI=1S/C14H21BrFNS/c1-4-14(5-2,18-3)10-17-9-11-7-6-8-12(16)13(11)15/h6-8,17H,4-5,9-10H2,1-3H3. The van der Waals surface area contributed by atoms with Crippen molar-refractivity contribution in [3.63, 3.8) is 0 Å². The van der Waals surface area contributed by atoms with Gasteiger partial charge in [0.25, 0.3) is 0 Å². The summed E-state index contributed by atoms with van der Waals surface area (Å²) in [4.78, 5) is 0. The van der Waals surface area contributed by atoms with Crippen LogP contribution in [0.2, 0.25) is 0 Å². The summed E-state index contributed by atoms with van der Waals surface area (Å²) >= 11 is 5.20. The fraction of sp³-hybridized carbons (Fsp3) is 0.571. The number of hydrogen-bond donors (Lipinski definition) is 1. The number of thioether (sulfide) groups is 1. The smallest absolute Gasteiger partial charge is 0.137 e. The average molecular weight is 334 g/mol. The molecule has 0 radical (unpaired) electrons. The van der Waals surface area contributed by atoms with Crippen molar-refractivity contribution in [2.45, 2.75) is 38.0 Å². The van der Waals surface area contributed by atoms with E-state index < -0.39 is 0 Å². The first kappa shape index (κ1) is 16.0. The summed E-state index contributed by atoms with van der Waals surface area (Å²) in [7, 11) is 0. The monoisotopic (exact) mass is 333 g/mol. The van der Waals surface area contributed by atoms with Gasteiger partial charge in [-0.15, -0.1) is 0 Å². The van der Waals surface area contributed by atoms with Crippen LogP contribution in [-0.4, -0.2) is 17.5 Å². The van der Waals surface area contributed by atoms with Crippen molar-refractivity contribution in [3.8, 4) is 0 Å². The van der Waals surface area contributed by atoms with Crippen molar-refractivity contribution in [1.29, 1.82) is 0 Å². The van der Waals surface area contributed by atoms with Crippen LogP contribution >= 0.6 is 27.7 Å². The molecule has 0 aliphatic heterocycles. The molecule has 0 saturated carbocycles. The predicted molar refractivity (Wildman–Crippen MR) is 82.6 cm³/mol. The van der Waals surface area contributed by atoms with Gasteiger partial charge in [0.15, 0.2) is 0 Å². The number of hydrogen-bond acceptors (Lipinski definition) is 2. The third-order valence-corrected chi connectivity index (χ3v) is 5.99. The highest BCUT2D eigenvalue weighted by Gasteiger charge is 2.24. The lowest BCUT2D eigenvalue weighted by Crippen LogP contribution is -2.36. The first-order valence-corrected chi connectivity index (χ1v) is 8.29. The quantitative estimate of drug-likeness (QED) is 0.782. The van der Waals surface area contributed by atoms with E-state index in [0.29, 0.717) is 15.8 Å². The lowest BCUT2D eigenvalue weighted by Gasteiger charge is -2.30. The summed E-state index contributed by atoms with van der Waals surface area (Å²) in [6.45, 7) is 6.09. The Morgan fingerprint density at radius 1 is 1.33 bits per heavy atom. The third-order valence-electron chi connectivity index (χ3n) is 3.52. The molecule has 0 heterocycles. The Hall–Kier alpha value is -0.0600. The molecule has 0 atom stereocenters. The van der Waals surface area contributed by atoms with Gasteiger partial charge in [0.2, 0.25) is 0 Å². The maximum atomic E-state index is 13.4. The Balaban J connectivity index is 2.58. The minimum Gasteiger partial charge on any atom is -0.311 e. The van der Waals surface area contributed by atoms with Crippen molar-refractivity contribution in [2.24, 2.45) is 0 Å². The molecule has 0 spiro atoms. The zero-order valence-corrected chi connectivity index (χ0v) is 13.6. The molecule has 4 heteroatoms. The molecule has 18 heavy (non-hydrogen) atoms. The number of benzene rings is 1. The molecule has 1 rings (SSSR count). The minimum atomic E-state index is -0.198. The topological polar surface area (TPSA) is 12.0 Å². The van der Waals surface area contributed by atoms with Crippen LogP contribution in [0.1, 0.15) is 32.3 Å². The highest BCUT2D eigenvalue weighted by Crippen LogP contribution is 2.29. The molecule has 0 fully saturated rings. The van der Waals surface area contributed by atoms with Crippen molar-refractivity contribution in [2.75, 3.05) is 12.8 Å². The molecule has 102 valence electrons. The average Bonchev–Trinajstić information content (AvgIpc) is 2.40. The van der Waals surface area contributed by atoms with Crippen molar-refractivity contribution in [3.05, 3.63) is 34.1 Å². The minimum absolute atomic E-state index is 0.198. The second-order valence-corrected chi connectivity index (χ2v) is 6.48. The molecule has 0 aromatic heterocycles. The van der Waals surface area contributed by atoms with Gasteiger partial charge in [-0.2, -0.15) is 11.8 Å². The van der Waals surface area contributed by atoms with Gasteiger partial charge < -0.3 is 5.32 Å². The van der Waals surface area contributed by atoms with Gasteiger partial charge in [0.1, 0.15) is 5.82 Å². The van der Waals surface area contributed by atoms with E-state index in [-0.39, 0.29) is 5.82 Å². The van der Waals surface area contributed by atoms with E-state index in [1.807, 2.05) is 17.8 Å². The van der Waals surface area contributed by atoms with E-state index in [2.05, 4.69) is 41.3 Å². The van der Waals surface area contributed by atoms with Gasteiger partial charge in [-0.05, 0) is 46.7 Å². The number of nitrogens with one attached hydrogen (secondary N) is 1. The normalized spacial score (nSPS) is 11.8. The van der Waals surface area contributed by atoms with E-state index in [0.717, 1.165) is 24.9 Å². The molecule has 0 saturated heterocycles. The molecular weight excluding hydrogens is 313 g/mol. The van der Waals surface area contributed by atoms with Gasteiger partial charge in [0, 0.05) is 17.8 Å². The Labute approximate surface area is 122 Å². The first-order valence-electron chi connectivity index (χ1n) is 6.27. The van der Waals surface area contributed by atoms with Crippen molar-refractivity contribution in [1.82, 2.24) is 5.32 Å². The predicted octanol–water partition coefficient (Wildman–Crippen LogP) is 4.60. The van der Waals surface area contributed by atoms with Gasteiger partial charge in [0.05, 0.1) is 4.47 Å². The van der Waals surface area contributed by atoms with E-state index in [1.54, 1.807) is 6.07 Å². The zero-order chi connectivity index (χ0) is 13.6. The lowest BCUT2D eigenvalue weighted by molar-refractivity contribution is 0.493. The fourth-order valence-corrected chi connectivity index (χ4v) is 3.20. The van der Waals surface area contributed by atoms with Crippen molar-refractivity contribution >= 4 is 27.7 Å².